The van der Waals surface area contributed by atoms with E-state index in [1.165, 1.54) is 5.56 Å². The van der Waals surface area contributed by atoms with Crippen LogP contribution in [0.4, 0.5) is 0 Å². The van der Waals surface area contributed by atoms with Gasteiger partial charge in [0, 0.05) is 45.1 Å². The zero-order valence-corrected chi connectivity index (χ0v) is 14.9. The third kappa shape index (κ3) is 4.12. The summed E-state index contributed by atoms with van der Waals surface area (Å²) in [6, 6.07) is 3.99. The highest BCUT2D eigenvalue weighted by Gasteiger charge is 2.43. The van der Waals surface area contributed by atoms with Gasteiger partial charge in [0.2, 0.25) is 10.0 Å². The third-order valence-electron chi connectivity index (χ3n) is 4.56. The second-order valence-corrected chi connectivity index (χ2v) is 8.64. The molecule has 134 valence electrons. The molecule has 2 saturated heterocycles. The van der Waals surface area contributed by atoms with E-state index >= 15 is 0 Å². The molecule has 1 atom stereocenters. The first-order chi connectivity index (χ1) is 11.5. The van der Waals surface area contributed by atoms with Crippen LogP contribution >= 0.6 is 0 Å². The van der Waals surface area contributed by atoms with Crippen molar-refractivity contribution in [2.75, 3.05) is 51.8 Å². The summed E-state index contributed by atoms with van der Waals surface area (Å²) in [4.78, 5) is 6.31. The van der Waals surface area contributed by atoms with Crippen LogP contribution in [0.1, 0.15) is 12.5 Å². The van der Waals surface area contributed by atoms with Crippen molar-refractivity contribution in [2.24, 2.45) is 0 Å². The lowest BCUT2D eigenvalue weighted by atomic mass is 10.0. The van der Waals surface area contributed by atoms with Crippen molar-refractivity contribution >= 4 is 10.0 Å². The number of morpholine rings is 1. The minimum atomic E-state index is -3.21. The highest BCUT2D eigenvalue weighted by molar-refractivity contribution is 7.89. The Morgan fingerprint density at radius 3 is 2.75 bits per heavy atom. The minimum Gasteiger partial charge on any atom is -0.377 e. The number of sulfonamides is 1. The molecule has 1 unspecified atom stereocenters. The SMILES string of the molecule is CCS(=O)(=O)N1CCOC2(COCCN(Cc3ccncc3)C2)C1. The fraction of sp³-hybridized carbons (Fsp3) is 0.688. The van der Waals surface area contributed by atoms with Crippen molar-refractivity contribution in [3.63, 3.8) is 0 Å². The molecule has 7 nitrogen and oxygen atoms in total. The molecule has 2 aliphatic heterocycles. The summed E-state index contributed by atoms with van der Waals surface area (Å²) >= 11 is 0. The van der Waals surface area contributed by atoms with Gasteiger partial charge in [-0.25, -0.2) is 8.42 Å². The maximum Gasteiger partial charge on any atom is 0.214 e. The molecular formula is C16H25N3O4S. The normalized spacial score (nSPS) is 27.2. The van der Waals surface area contributed by atoms with Gasteiger partial charge in [-0.1, -0.05) is 0 Å². The van der Waals surface area contributed by atoms with Gasteiger partial charge >= 0.3 is 0 Å². The lowest BCUT2D eigenvalue weighted by Crippen LogP contribution is -2.59. The van der Waals surface area contributed by atoms with Gasteiger partial charge < -0.3 is 9.47 Å². The van der Waals surface area contributed by atoms with Gasteiger partial charge in [-0.15, -0.1) is 0 Å². The molecule has 24 heavy (non-hydrogen) atoms. The first-order valence-corrected chi connectivity index (χ1v) is 9.95. The molecule has 0 aromatic carbocycles. The Balaban J connectivity index is 1.73. The van der Waals surface area contributed by atoms with E-state index in [0.717, 1.165) is 13.1 Å². The topological polar surface area (TPSA) is 72.0 Å². The number of hydrogen-bond donors (Lipinski definition) is 0. The summed E-state index contributed by atoms with van der Waals surface area (Å²) in [5.74, 6) is 0.116. The molecule has 0 amide bonds. The zero-order valence-electron chi connectivity index (χ0n) is 14.1. The maximum atomic E-state index is 12.2. The first kappa shape index (κ1) is 17.8. The quantitative estimate of drug-likeness (QED) is 0.775. The molecule has 0 bridgehead atoms. The average Bonchev–Trinajstić information content (AvgIpc) is 2.78. The fourth-order valence-corrected chi connectivity index (χ4v) is 4.43. The lowest BCUT2D eigenvalue weighted by Gasteiger charge is -2.42. The fourth-order valence-electron chi connectivity index (χ4n) is 3.28. The van der Waals surface area contributed by atoms with Crippen molar-refractivity contribution in [3.8, 4) is 0 Å². The standard InChI is InChI=1S/C16H25N3O4S/c1-2-24(20,21)19-8-10-23-16(13-19)12-18(7-9-22-14-16)11-15-3-5-17-6-4-15/h3-6H,2,7-14H2,1H3. The van der Waals surface area contributed by atoms with E-state index in [1.807, 2.05) is 12.1 Å². The van der Waals surface area contributed by atoms with Crippen molar-refractivity contribution in [3.05, 3.63) is 30.1 Å². The van der Waals surface area contributed by atoms with Crippen molar-refractivity contribution in [1.29, 1.82) is 0 Å². The van der Waals surface area contributed by atoms with Crippen LogP contribution in [-0.4, -0.2) is 80.0 Å². The Hall–Kier alpha value is -1.06. The molecule has 0 aliphatic carbocycles. The molecule has 0 N–H and O–H groups in total. The van der Waals surface area contributed by atoms with Crippen molar-refractivity contribution in [2.45, 2.75) is 19.1 Å². The molecule has 3 rings (SSSR count). The van der Waals surface area contributed by atoms with E-state index < -0.39 is 15.6 Å². The van der Waals surface area contributed by atoms with E-state index in [2.05, 4.69) is 9.88 Å². The van der Waals surface area contributed by atoms with Gasteiger partial charge in [0.15, 0.2) is 0 Å². The molecule has 8 heteroatoms. The van der Waals surface area contributed by atoms with Crippen LogP contribution in [0, 0.1) is 0 Å². The monoisotopic (exact) mass is 355 g/mol. The minimum absolute atomic E-state index is 0.116. The number of aromatic nitrogens is 1. The van der Waals surface area contributed by atoms with Gasteiger partial charge in [0.1, 0.15) is 5.60 Å². The predicted molar refractivity (Wildman–Crippen MR) is 90.0 cm³/mol. The molecule has 1 spiro atoms. The van der Waals surface area contributed by atoms with Crippen LogP contribution in [0.2, 0.25) is 0 Å². The van der Waals surface area contributed by atoms with Crippen molar-refractivity contribution in [1.82, 2.24) is 14.2 Å². The molecule has 2 aliphatic rings. The Labute approximate surface area is 143 Å². The Morgan fingerprint density at radius 1 is 1.21 bits per heavy atom. The summed E-state index contributed by atoms with van der Waals surface area (Å²) in [5, 5.41) is 0. The van der Waals surface area contributed by atoms with Crippen LogP contribution in [0.5, 0.6) is 0 Å². The second-order valence-electron chi connectivity index (χ2n) is 6.38. The van der Waals surface area contributed by atoms with Crippen LogP contribution in [0.15, 0.2) is 24.5 Å². The maximum absolute atomic E-state index is 12.2. The van der Waals surface area contributed by atoms with Crippen LogP contribution in [-0.2, 0) is 26.0 Å². The highest BCUT2D eigenvalue weighted by Crippen LogP contribution is 2.25. The van der Waals surface area contributed by atoms with Crippen molar-refractivity contribution < 1.29 is 17.9 Å². The van der Waals surface area contributed by atoms with Gasteiger partial charge in [-0.3, -0.25) is 9.88 Å². The molecule has 0 radical (unpaired) electrons. The Bertz CT molecular complexity index is 640. The summed E-state index contributed by atoms with van der Waals surface area (Å²) in [5.41, 5.74) is 0.584. The van der Waals surface area contributed by atoms with Crippen LogP contribution in [0.3, 0.4) is 0 Å². The smallest absolute Gasteiger partial charge is 0.214 e. The summed E-state index contributed by atoms with van der Waals surface area (Å²) < 4.78 is 37.8. The molecule has 1 aromatic heterocycles. The van der Waals surface area contributed by atoms with E-state index in [9.17, 15) is 8.42 Å². The summed E-state index contributed by atoms with van der Waals surface area (Å²) in [6.45, 7) is 6.14. The van der Waals surface area contributed by atoms with E-state index in [4.69, 9.17) is 9.47 Å². The van der Waals surface area contributed by atoms with Gasteiger partial charge in [-0.2, -0.15) is 4.31 Å². The predicted octanol–water partition coefficient (Wildman–Crippen LogP) is 0.335. The molecule has 1 aromatic rings. The first-order valence-electron chi connectivity index (χ1n) is 8.34. The zero-order chi connectivity index (χ0) is 17.0. The molecular weight excluding hydrogens is 330 g/mol. The Morgan fingerprint density at radius 2 is 2.00 bits per heavy atom. The highest BCUT2D eigenvalue weighted by atomic mass is 32.2. The number of hydrogen-bond acceptors (Lipinski definition) is 6. The number of pyridine rings is 1. The third-order valence-corrected chi connectivity index (χ3v) is 6.38. The van der Waals surface area contributed by atoms with Crippen LogP contribution in [0.25, 0.3) is 0 Å². The molecule has 0 saturated carbocycles. The van der Waals surface area contributed by atoms with Crippen LogP contribution < -0.4 is 0 Å². The number of nitrogens with zero attached hydrogens (tertiary/aromatic N) is 3. The summed E-state index contributed by atoms with van der Waals surface area (Å²) in [6.07, 6.45) is 3.57. The number of rotatable bonds is 4. The van der Waals surface area contributed by atoms with Gasteiger partial charge in [0.25, 0.3) is 0 Å². The van der Waals surface area contributed by atoms with Gasteiger partial charge in [0.05, 0.1) is 25.6 Å². The number of ether oxygens (including phenoxy) is 2. The second kappa shape index (κ2) is 7.45. The summed E-state index contributed by atoms with van der Waals surface area (Å²) in [7, 11) is -3.21. The van der Waals surface area contributed by atoms with E-state index in [1.54, 1.807) is 23.6 Å². The molecule has 2 fully saturated rings. The van der Waals surface area contributed by atoms with Gasteiger partial charge in [-0.05, 0) is 24.6 Å². The average molecular weight is 355 g/mol. The van der Waals surface area contributed by atoms with E-state index in [0.29, 0.717) is 39.5 Å². The lowest BCUT2D eigenvalue weighted by molar-refractivity contribution is -0.126. The Kier molecular flexibility index (Phi) is 5.51. The molecule has 3 heterocycles. The largest absolute Gasteiger partial charge is 0.377 e. The van der Waals surface area contributed by atoms with E-state index in [-0.39, 0.29) is 5.75 Å².